The van der Waals surface area contributed by atoms with E-state index < -0.39 is 6.10 Å². The summed E-state index contributed by atoms with van der Waals surface area (Å²) < 4.78 is 5.13. The van der Waals surface area contributed by atoms with Gasteiger partial charge in [-0.05, 0) is 38.0 Å². The zero-order valence-corrected chi connectivity index (χ0v) is 11.5. The Morgan fingerprint density at radius 1 is 1.50 bits per heavy atom. The van der Waals surface area contributed by atoms with Crippen LogP contribution in [0, 0.1) is 6.92 Å². The summed E-state index contributed by atoms with van der Waals surface area (Å²) in [6, 6.07) is 5.53. The normalized spacial score (nSPS) is 12.2. The van der Waals surface area contributed by atoms with Gasteiger partial charge in [-0.1, -0.05) is 6.07 Å². The number of nitrogens with one attached hydrogen (secondary N) is 1. The Morgan fingerprint density at radius 3 is 2.95 bits per heavy atom. The molecule has 6 nitrogen and oxygen atoms in total. The van der Waals surface area contributed by atoms with Crippen molar-refractivity contribution in [2.24, 2.45) is 0 Å². The third-order valence-corrected chi connectivity index (χ3v) is 2.91. The number of anilines is 1. The van der Waals surface area contributed by atoms with Crippen molar-refractivity contribution < 1.29 is 14.3 Å². The van der Waals surface area contributed by atoms with Crippen LogP contribution in [0.3, 0.4) is 0 Å². The molecule has 2 N–H and O–H groups in total. The number of hydrogen-bond donors (Lipinski definition) is 2. The van der Waals surface area contributed by atoms with Crippen molar-refractivity contribution in [3.63, 3.8) is 0 Å². The Bertz CT molecular complexity index is 579. The standard InChI is InChI=1S/C14H17N3O3/c1-9-3-5-11(14-17-15-8-20-14)7-12(9)16-13(19)6-4-10(2)18/h3,5,7-8,10,18H,4,6H2,1-2H3,(H,16,19). The van der Waals surface area contributed by atoms with Gasteiger partial charge in [-0.2, -0.15) is 0 Å². The average molecular weight is 275 g/mol. The molecule has 1 atom stereocenters. The van der Waals surface area contributed by atoms with Crippen LogP contribution in [0.15, 0.2) is 29.0 Å². The van der Waals surface area contributed by atoms with Gasteiger partial charge in [0, 0.05) is 17.7 Å². The number of aryl methyl sites for hydroxylation is 1. The van der Waals surface area contributed by atoms with Crippen LogP contribution in [0.4, 0.5) is 5.69 Å². The molecule has 1 unspecified atom stereocenters. The lowest BCUT2D eigenvalue weighted by Crippen LogP contribution is -2.14. The van der Waals surface area contributed by atoms with Crippen LogP contribution >= 0.6 is 0 Å². The molecule has 0 radical (unpaired) electrons. The van der Waals surface area contributed by atoms with Gasteiger partial charge in [-0.3, -0.25) is 4.79 Å². The van der Waals surface area contributed by atoms with Crippen molar-refractivity contribution in [3.8, 4) is 11.5 Å². The van der Waals surface area contributed by atoms with Crippen LogP contribution in [0.2, 0.25) is 0 Å². The maximum Gasteiger partial charge on any atom is 0.247 e. The maximum atomic E-state index is 11.8. The van der Waals surface area contributed by atoms with E-state index in [4.69, 9.17) is 4.42 Å². The number of benzene rings is 1. The fourth-order valence-electron chi connectivity index (χ4n) is 1.74. The van der Waals surface area contributed by atoms with Crippen molar-refractivity contribution in [2.75, 3.05) is 5.32 Å². The quantitative estimate of drug-likeness (QED) is 0.872. The summed E-state index contributed by atoms with van der Waals surface area (Å²) in [5, 5.41) is 19.5. The average Bonchev–Trinajstić information content (AvgIpc) is 2.93. The molecule has 106 valence electrons. The molecule has 1 amide bonds. The fraction of sp³-hybridized carbons (Fsp3) is 0.357. The molecule has 0 aliphatic rings. The summed E-state index contributed by atoms with van der Waals surface area (Å²) in [6.07, 6.45) is 1.50. The van der Waals surface area contributed by atoms with E-state index in [1.165, 1.54) is 6.39 Å². The highest BCUT2D eigenvalue weighted by Gasteiger charge is 2.10. The molecule has 1 aromatic heterocycles. The number of carbonyl (C=O) groups is 1. The van der Waals surface area contributed by atoms with Crippen LogP contribution in [-0.4, -0.2) is 27.3 Å². The van der Waals surface area contributed by atoms with Gasteiger partial charge in [0.1, 0.15) is 0 Å². The van der Waals surface area contributed by atoms with Crippen LogP contribution < -0.4 is 5.32 Å². The van der Waals surface area contributed by atoms with Crippen molar-refractivity contribution in [1.29, 1.82) is 0 Å². The zero-order chi connectivity index (χ0) is 14.5. The van der Waals surface area contributed by atoms with E-state index in [0.29, 0.717) is 18.0 Å². The Morgan fingerprint density at radius 2 is 2.30 bits per heavy atom. The van der Waals surface area contributed by atoms with Crippen molar-refractivity contribution >= 4 is 11.6 Å². The van der Waals surface area contributed by atoms with E-state index in [0.717, 1.165) is 11.1 Å². The third-order valence-electron chi connectivity index (χ3n) is 2.91. The topological polar surface area (TPSA) is 88.3 Å². The number of rotatable bonds is 5. The molecular weight excluding hydrogens is 258 g/mol. The lowest BCUT2D eigenvalue weighted by Gasteiger charge is -2.10. The molecule has 0 fully saturated rings. The molecule has 2 aromatic rings. The van der Waals surface area contributed by atoms with E-state index in [2.05, 4.69) is 15.5 Å². The summed E-state index contributed by atoms with van der Waals surface area (Å²) in [6.45, 7) is 3.57. The molecule has 0 saturated carbocycles. The molecule has 0 spiro atoms. The van der Waals surface area contributed by atoms with E-state index in [-0.39, 0.29) is 12.3 Å². The Labute approximate surface area is 116 Å². The molecule has 0 aliphatic carbocycles. The molecule has 0 aliphatic heterocycles. The van der Waals surface area contributed by atoms with Crippen LogP contribution in [0.25, 0.3) is 11.5 Å². The van der Waals surface area contributed by atoms with Gasteiger partial charge in [-0.15, -0.1) is 10.2 Å². The number of aliphatic hydroxyl groups excluding tert-OH is 1. The first-order chi connectivity index (χ1) is 9.56. The highest BCUT2D eigenvalue weighted by molar-refractivity contribution is 5.92. The summed E-state index contributed by atoms with van der Waals surface area (Å²) in [7, 11) is 0. The first-order valence-electron chi connectivity index (χ1n) is 6.41. The van der Waals surface area contributed by atoms with Crippen molar-refractivity contribution in [3.05, 3.63) is 30.2 Å². The van der Waals surface area contributed by atoms with Gasteiger partial charge in [0.15, 0.2) is 0 Å². The minimum atomic E-state index is -0.480. The lowest BCUT2D eigenvalue weighted by atomic mass is 10.1. The number of amides is 1. The fourth-order valence-corrected chi connectivity index (χ4v) is 1.74. The molecule has 6 heteroatoms. The highest BCUT2D eigenvalue weighted by Crippen LogP contribution is 2.24. The van der Waals surface area contributed by atoms with Gasteiger partial charge in [0.05, 0.1) is 6.10 Å². The first-order valence-corrected chi connectivity index (χ1v) is 6.41. The van der Waals surface area contributed by atoms with Crippen molar-refractivity contribution in [1.82, 2.24) is 10.2 Å². The minimum absolute atomic E-state index is 0.128. The van der Waals surface area contributed by atoms with Gasteiger partial charge >= 0.3 is 0 Å². The highest BCUT2D eigenvalue weighted by atomic mass is 16.4. The summed E-state index contributed by atoms with van der Waals surface area (Å²) >= 11 is 0. The third kappa shape index (κ3) is 3.64. The van der Waals surface area contributed by atoms with Gasteiger partial charge in [-0.25, -0.2) is 0 Å². The van der Waals surface area contributed by atoms with Gasteiger partial charge in [0.25, 0.3) is 0 Å². The van der Waals surface area contributed by atoms with Gasteiger partial charge in [0.2, 0.25) is 18.2 Å². The predicted octanol–water partition coefficient (Wildman–Crippen LogP) is 2.14. The molecule has 1 aromatic carbocycles. The van der Waals surface area contributed by atoms with Crippen molar-refractivity contribution in [2.45, 2.75) is 32.8 Å². The van der Waals surface area contributed by atoms with E-state index in [1.54, 1.807) is 13.0 Å². The molecule has 0 bridgehead atoms. The number of nitrogens with zero attached hydrogens (tertiary/aromatic N) is 2. The van der Waals surface area contributed by atoms with E-state index >= 15 is 0 Å². The molecule has 1 heterocycles. The Kier molecular flexibility index (Phi) is 4.47. The monoisotopic (exact) mass is 275 g/mol. The second-order valence-electron chi connectivity index (χ2n) is 4.71. The Hall–Kier alpha value is -2.21. The summed E-state index contributed by atoms with van der Waals surface area (Å²) in [5.41, 5.74) is 2.40. The second kappa shape index (κ2) is 6.29. The van der Waals surface area contributed by atoms with E-state index in [9.17, 15) is 9.90 Å². The molecular formula is C14H17N3O3. The molecule has 20 heavy (non-hydrogen) atoms. The predicted molar refractivity (Wildman–Crippen MR) is 74.0 cm³/mol. The van der Waals surface area contributed by atoms with E-state index in [1.807, 2.05) is 19.1 Å². The SMILES string of the molecule is Cc1ccc(-c2nnco2)cc1NC(=O)CCC(C)O. The first kappa shape index (κ1) is 14.2. The smallest absolute Gasteiger partial charge is 0.247 e. The Balaban J connectivity index is 2.11. The summed E-state index contributed by atoms with van der Waals surface area (Å²) in [5.74, 6) is 0.279. The molecule has 0 saturated heterocycles. The largest absolute Gasteiger partial charge is 0.423 e. The number of hydrogen-bond acceptors (Lipinski definition) is 5. The van der Waals surface area contributed by atoms with Crippen LogP contribution in [-0.2, 0) is 4.79 Å². The zero-order valence-electron chi connectivity index (χ0n) is 11.5. The lowest BCUT2D eigenvalue weighted by molar-refractivity contribution is -0.116. The molecule has 2 rings (SSSR count). The number of aromatic nitrogens is 2. The van der Waals surface area contributed by atoms with Gasteiger partial charge < -0.3 is 14.8 Å². The number of aliphatic hydroxyl groups is 1. The van der Waals surface area contributed by atoms with Crippen LogP contribution in [0.1, 0.15) is 25.3 Å². The number of carbonyl (C=O) groups excluding carboxylic acids is 1. The summed E-state index contributed by atoms with van der Waals surface area (Å²) in [4.78, 5) is 11.8. The minimum Gasteiger partial charge on any atom is -0.423 e. The maximum absolute atomic E-state index is 11.8. The van der Waals surface area contributed by atoms with Crippen LogP contribution in [0.5, 0.6) is 0 Å². The second-order valence-corrected chi connectivity index (χ2v) is 4.71.